The van der Waals surface area contributed by atoms with Gasteiger partial charge in [-0.05, 0) is 35.4 Å². The number of aromatic nitrogens is 2. The molecule has 0 atom stereocenters. The fourth-order valence-electron chi connectivity index (χ4n) is 2.22. The second kappa shape index (κ2) is 8.71. The van der Waals surface area contributed by atoms with E-state index in [1.165, 1.54) is 0 Å². The number of benzene rings is 2. The van der Waals surface area contributed by atoms with Gasteiger partial charge in [-0.2, -0.15) is 0 Å². The van der Waals surface area contributed by atoms with Crippen molar-refractivity contribution in [3.63, 3.8) is 0 Å². The Hall–Kier alpha value is -3.28. The molecule has 0 saturated carbocycles. The lowest BCUT2D eigenvalue weighted by atomic mass is 10.2. The Kier molecular flexibility index (Phi) is 5.88. The number of nitrogens with zero attached hydrogens (tertiary/aromatic N) is 2. The summed E-state index contributed by atoms with van der Waals surface area (Å²) in [4.78, 5) is 0. The average Bonchev–Trinajstić information content (AvgIpc) is 2.72. The summed E-state index contributed by atoms with van der Waals surface area (Å²) >= 11 is 0. The van der Waals surface area contributed by atoms with Gasteiger partial charge in [-0.25, -0.2) is 0 Å². The molecule has 0 aliphatic rings. The third kappa shape index (κ3) is 4.86. The molecule has 3 aromatic rings. The van der Waals surface area contributed by atoms with Crippen LogP contribution in [0, 0.1) is 0 Å². The maximum absolute atomic E-state index is 5.62. The predicted molar refractivity (Wildman–Crippen MR) is 96.7 cm³/mol. The van der Waals surface area contributed by atoms with Crippen LogP contribution in [0.3, 0.4) is 0 Å². The molecule has 6 nitrogen and oxygen atoms in total. The fraction of sp³-hybridized carbons (Fsp3) is 0.200. The lowest BCUT2D eigenvalue weighted by Gasteiger charge is -2.08. The monoisotopic (exact) mass is 352 g/mol. The molecule has 6 heteroatoms. The normalized spacial score (nSPS) is 10.2. The zero-order chi connectivity index (χ0) is 18.2. The van der Waals surface area contributed by atoms with E-state index in [1.807, 2.05) is 48.5 Å². The van der Waals surface area contributed by atoms with Crippen LogP contribution in [0.25, 0.3) is 0 Å². The summed E-state index contributed by atoms with van der Waals surface area (Å²) in [5.41, 5.74) is 2.04. The van der Waals surface area contributed by atoms with Crippen molar-refractivity contribution in [3.05, 3.63) is 71.8 Å². The first-order valence-corrected chi connectivity index (χ1v) is 8.12. The van der Waals surface area contributed by atoms with Crippen molar-refractivity contribution in [2.75, 3.05) is 14.2 Å². The first-order chi connectivity index (χ1) is 12.8. The SMILES string of the molecule is COc1ccc(COc2ccc(OCc3ccc(OC)cc3)nn2)cc1. The Morgan fingerprint density at radius 2 is 0.962 bits per heavy atom. The molecule has 1 aromatic heterocycles. The van der Waals surface area contributed by atoms with Crippen molar-refractivity contribution in [3.8, 4) is 23.3 Å². The largest absolute Gasteiger partial charge is 0.497 e. The molecule has 0 aliphatic heterocycles. The van der Waals surface area contributed by atoms with Gasteiger partial charge in [0.1, 0.15) is 24.7 Å². The third-order valence-corrected chi connectivity index (χ3v) is 3.71. The third-order valence-electron chi connectivity index (χ3n) is 3.71. The molecular formula is C20H20N2O4. The molecule has 0 amide bonds. The lowest BCUT2D eigenvalue weighted by Crippen LogP contribution is -2.01. The van der Waals surface area contributed by atoms with E-state index in [1.54, 1.807) is 26.4 Å². The molecule has 0 N–H and O–H groups in total. The van der Waals surface area contributed by atoms with Gasteiger partial charge in [0.25, 0.3) is 0 Å². The molecule has 0 unspecified atom stereocenters. The molecule has 0 aliphatic carbocycles. The lowest BCUT2D eigenvalue weighted by molar-refractivity contribution is 0.272. The van der Waals surface area contributed by atoms with Crippen LogP contribution in [0.5, 0.6) is 23.3 Å². The standard InChI is InChI=1S/C20H20N2O4/c1-23-17-7-3-15(4-8-17)13-25-19-11-12-20(22-21-19)26-14-16-5-9-18(24-2)10-6-16/h3-12H,13-14H2,1-2H3. The zero-order valence-electron chi connectivity index (χ0n) is 14.7. The maximum atomic E-state index is 5.62. The number of methoxy groups -OCH3 is 2. The van der Waals surface area contributed by atoms with E-state index in [2.05, 4.69) is 10.2 Å². The molecule has 0 bridgehead atoms. The van der Waals surface area contributed by atoms with Gasteiger partial charge in [0, 0.05) is 12.1 Å². The van der Waals surface area contributed by atoms with Gasteiger partial charge in [-0.1, -0.05) is 24.3 Å². The van der Waals surface area contributed by atoms with E-state index in [9.17, 15) is 0 Å². The molecule has 26 heavy (non-hydrogen) atoms. The summed E-state index contributed by atoms with van der Waals surface area (Å²) in [6, 6.07) is 18.8. The van der Waals surface area contributed by atoms with Crippen LogP contribution < -0.4 is 18.9 Å². The minimum Gasteiger partial charge on any atom is -0.497 e. The van der Waals surface area contributed by atoms with Gasteiger partial charge in [0.05, 0.1) is 14.2 Å². The van der Waals surface area contributed by atoms with Crippen molar-refractivity contribution >= 4 is 0 Å². The van der Waals surface area contributed by atoms with Gasteiger partial charge in [-0.15, -0.1) is 10.2 Å². The molecule has 0 spiro atoms. The van der Waals surface area contributed by atoms with Gasteiger partial charge >= 0.3 is 0 Å². The smallest absolute Gasteiger partial charge is 0.233 e. The van der Waals surface area contributed by atoms with Gasteiger partial charge < -0.3 is 18.9 Å². The number of rotatable bonds is 8. The van der Waals surface area contributed by atoms with Crippen molar-refractivity contribution in [2.24, 2.45) is 0 Å². The summed E-state index contributed by atoms with van der Waals surface area (Å²) in [7, 11) is 3.28. The summed E-state index contributed by atoms with van der Waals surface area (Å²) < 4.78 is 21.5. The van der Waals surface area contributed by atoms with Crippen molar-refractivity contribution in [1.29, 1.82) is 0 Å². The minimum absolute atomic E-state index is 0.407. The molecule has 3 rings (SSSR count). The average molecular weight is 352 g/mol. The molecule has 2 aromatic carbocycles. The highest BCUT2D eigenvalue weighted by Gasteiger charge is 2.02. The minimum atomic E-state index is 0.407. The van der Waals surface area contributed by atoms with Crippen LogP contribution in [0.4, 0.5) is 0 Å². The second-order valence-corrected chi connectivity index (χ2v) is 5.48. The van der Waals surface area contributed by atoms with Crippen LogP contribution >= 0.6 is 0 Å². The van der Waals surface area contributed by atoms with Gasteiger partial charge in [0.15, 0.2) is 0 Å². The Bertz CT molecular complexity index is 732. The first-order valence-electron chi connectivity index (χ1n) is 8.12. The van der Waals surface area contributed by atoms with Gasteiger partial charge in [-0.3, -0.25) is 0 Å². The second-order valence-electron chi connectivity index (χ2n) is 5.48. The Labute approximate surface area is 152 Å². The van der Waals surface area contributed by atoms with Crippen molar-refractivity contribution in [1.82, 2.24) is 10.2 Å². The van der Waals surface area contributed by atoms with E-state index >= 15 is 0 Å². The Morgan fingerprint density at radius 1 is 0.577 bits per heavy atom. The van der Waals surface area contributed by atoms with Gasteiger partial charge in [0.2, 0.25) is 11.8 Å². The Morgan fingerprint density at radius 3 is 1.27 bits per heavy atom. The van der Waals surface area contributed by atoms with Crippen LogP contribution in [0.1, 0.15) is 11.1 Å². The summed E-state index contributed by atoms with van der Waals surface area (Å²) in [5, 5.41) is 8.05. The van der Waals surface area contributed by atoms with Crippen LogP contribution in [0.2, 0.25) is 0 Å². The highest BCUT2D eigenvalue weighted by atomic mass is 16.5. The van der Waals surface area contributed by atoms with Crippen molar-refractivity contribution in [2.45, 2.75) is 13.2 Å². The molecular weight excluding hydrogens is 332 g/mol. The first kappa shape index (κ1) is 17.5. The van der Waals surface area contributed by atoms with E-state index < -0.39 is 0 Å². The van der Waals surface area contributed by atoms with Crippen molar-refractivity contribution < 1.29 is 18.9 Å². The number of hydrogen-bond donors (Lipinski definition) is 0. The number of hydrogen-bond acceptors (Lipinski definition) is 6. The number of ether oxygens (including phenoxy) is 4. The van der Waals surface area contributed by atoms with E-state index in [-0.39, 0.29) is 0 Å². The molecule has 0 saturated heterocycles. The molecule has 0 radical (unpaired) electrons. The topological polar surface area (TPSA) is 62.7 Å². The van der Waals surface area contributed by atoms with Crippen LogP contribution in [0.15, 0.2) is 60.7 Å². The fourth-order valence-corrected chi connectivity index (χ4v) is 2.22. The zero-order valence-corrected chi connectivity index (χ0v) is 14.7. The molecule has 1 heterocycles. The quantitative estimate of drug-likeness (QED) is 0.617. The maximum Gasteiger partial charge on any atom is 0.233 e. The summed E-state index contributed by atoms with van der Waals surface area (Å²) in [6.07, 6.45) is 0. The molecule has 134 valence electrons. The summed E-state index contributed by atoms with van der Waals surface area (Å²) in [5.74, 6) is 2.51. The highest BCUT2D eigenvalue weighted by Crippen LogP contribution is 2.16. The van der Waals surface area contributed by atoms with Crippen LogP contribution in [-0.4, -0.2) is 24.4 Å². The predicted octanol–water partition coefficient (Wildman–Crippen LogP) is 3.65. The van der Waals surface area contributed by atoms with E-state index in [0.717, 1.165) is 22.6 Å². The van der Waals surface area contributed by atoms with E-state index in [0.29, 0.717) is 25.0 Å². The highest BCUT2D eigenvalue weighted by molar-refractivity contribution is 5.28. The Balaban J connectivity index is 1.49. The van der Waals surface area contributed by atoms with Crippen LogP contribution in [-0.2, 0) is 13.2 Å². The summed E-state index contributed by atoms with van der Waals surface area (Å²) in [6.45, 7) is 0.815. The van der Waals surface area contributed by atoms with E-state index in [4.69, 9.17) is 18.9 Å². The molecule has 0 fully saturated rings.